The molecule has 2 heterocycles. The molecule has 2 aromatic rings. The van der Waals surface area contributed by atoms with E-state index in [-0.39, 0.29) is 31.4 Å². The quantitative estimate of drug-likeness (QED) is 0.442. The standard InChI is InChI=1S/C20H30N4O6S/c1-13(2)28-11-10-24-14-7-9-23(16(14)17(26)22-18(24)31)12-29-15(25)6-8-21-19(27)30-20(3,4)5/h7,9,13H,6,8,10-12H2,1-5H3,(H,21,27)(H,22,26,31). The molecule has 0 aromatic carbocycles. The number of nitrogens with zero attached hydrogens (tertiary/aromatic N) is 2. The fraction of sp³-hybridized carbons (Fsp3) is 0.600. The van der Waals surface area contributed by atoms with E-state index in [0.29, 0.717) is 29.0 Å². The normalized spacial score (nSPS) is 11.7. The lowest BCUT2D eigenvalue weighted by atomic mass is 10.2. The second kappa shape index (κ2) is 10.6. The van der Waals surface area contributed by atoms with Crippen molar-refractivity contribution in [1.82, 2.24) is 19.4 Å². The summed E-state index contributed by atoms with van der Waals surface area (Å²) in [6.07, 6.45) is 1.11. The molecule has 0 unspecified atom stereocenters. The van der Waals surface area contributed by atoms with Gasteiger partial charge in [0.05, 0.1) is 24.6 Å². The Morgan fingerprint density at radius 3 is 2.65 bits per heavy atom. The number of nitrogens with one attached hydrogen (secondary N) is 2. The number of H-pyrrole nitrogens is 1. The van der Waals surface area contributed by atoms with Gasteiger partial charge in [0.2, 0.25) is 0 Å². The molecule has 2 N–H and O–H groups in total. The largest absolute Gasteiger partial charge is 0.444 e. The minimum absolute atomic E-state index is 0.0301. The van der Waals surface area contributed by atoms with Gasteiger partial charge < -0.3 is 28.7 Å². The van der Waals surface area contributed by atoms with Crippen LogP contribution in [0.15, 0.2) is 17.1 Å². The van der Waals surface area contributed by atoms with Crippen LogP contribution in [0.3, 0.4) is 0 Å². The monoisotopic (exact) mass is 454 g/mol. The van der Waals surface area contributed by atoms with Gasteiger partial charge in [-0.25, -0.2) is 4.79 Å². The van der Waals surface area contributed by atoms with Crippen LogP contribution in [-0.4, -0.2) is 51.0 Å². The molecule has 0 aliphatic heterocycles. The predicted molar refractivity (Wildman–Crippen MR) is 117 cm³/mol. The van der Waals surface area contributed by atoms with Crippen molar-refractivity contribution in [3.63, 3.8) is 0 Å². The molecule has 172 valence electrons. The van der Waals surface area contributed by atoms with Gasteiger partial charge >= 0.3 is 12.1 Å². The van der Waals surface area contributed by atoms with Crippen molar-refractivity contribution in [3.05, 3.63) is 27.4 Å². The third kappa shape index (κ3) is 7.51. The second-order valence-electron chi connectivity index (χ2n) is 8.17. The smallest absolute Gasteiger partial charge is 0.407 e. The van der Waals surface area contributed by atoms with Crippen molar-refractivity contribution in [2.45, 2.75) is 66.0 Å². The van der Waals surface area contributed by atoms with E-state index in [1.807, 2.05) is 13.8 Å². The highest BCUT2D eigenvalue weighted by atomic mass is 32.1. The molecule has 0 fully saturated rings. The molecule has 0 aliphatic rings. The van der Waals surface area contributed by atoms with Gasteiger partial charge in [-0.3, -0.25) is 14.6 Å². The Morgan fingerprint density at radius 2 is 2.00 bits per heavy atom. The van der Waals surface area contributed by atoms with E-state index in [0.717, 1.165) is 0 Å². The topological polar surface area (TPSA) is 117 Å². The number of esters is 1. The SMILES string of the molecule is CC(C)OCCn1c(=S)[nH]c(=O)c2c1ccn2COC(=O)CCNC(=O)OC(C)(C)C. The highest BCUT2D eigenvalue weighted by Crippen LogP contribution is 2.13. The number of hydrogen-bond acceptors (Lipinski definition) is 7. The first kappa shape index (κ1) is 24.6. The summed E-state index contributed by atoms with van der Waals surface area (Å²) < 4.78 is 19.5. The van der Waals surface area contributed by atoms with Gasteiger partial charge in [0.1, 0.15) is 11.1 Å². The lowest BCUT2D eigenvalue weighted by molar-refractivity contribution is -0.147. The van der Waals surface area contributed by atoms with Gasteiger partial charge in [0, 0.05) is 19.3 Å². The zero-order valence-electron chi connectivity index (χ0n) is 18.5. The van der Waals surface area contributed by atoms with Crippen LogP contribution in [0, 0.1) is 4.77 Å². The zero-order valence-corrected chi connectivity index (χ0v) is 19.3. The summed E-state index contributed by atoms with van der Waals surface area (Å²) in [4.78, 5) is 38.7. The first-order valence-electron chi connectivity index (χ1n) is 10.0. The van der Waals surface area contributed by atoms with Crippen molar-refractivity contribution in [1.29, 1.82) is 0 Å². The fourth-order valence-electron chi connectivity index (χ4n) is 2.76. The number of carbonyl (C=O) groups is 2. The molecule has 10 nitrogen and oxygen atoms in total. The summed E-state index contributed by atoms with van der Waals surface area (Å²) in [6.45, 7) is 9.99. The molecule has 0 atom stereocenters. The van der Waals surface area contributed by atoms with E-state index in [9.17, 15) is 14.4 Å². The average molecular weight is 455 g/mol. The number of ether oxygens (including phenoxy) is 3. The molecule has 0 aliphatic carbocycles. The van der Waals surface area contributed by atoms with Crippen LogP contribution < -0.4 is 10.9 Å². The van der Waals surface area contributed by atoms with Crippen molar-refractivity contribution in [2.75, 3.05) is 13.2 Å². The van der Waals surface area contributed by atoms with E-state index >= 15 is 0 Å². The maximum atomic E-state index is 12.4. The van der Waals surface area contributed by atoms with Gasteiger partial charge in [-0.2, -0.15) is 0 Å². The first-order valence-corrected chi connectivity index (χ1v) is 10.4. The summed E-state index contributed by atoms with van der Waals surface area (Å²) in [5.74, 6) is -0.521. The third-order valence-corrected chi connectivity index (χ3v) is 4.36. The minimum atomic E-state index is -0.615. The Labute approximate surface area is 185 Å². The van der Waals surface area contributed by atoms with Crippen molar-refractivity contribution < 1.29 is 23.8 Å². The van der Waals surface area contributed by atoms with E-state index in [4.69, 9.17) is 26.4 Å². The third-order valence-electron chi connectivity index (χ3n) is 4.04. The Bertz CT molecular complexity index is 1030. The summed E-state index contributed by atoms with van der Waals surface area (Å²) in [5.41, 5.74) is -0.00858. The lowest BCUT2D eigenvalue weighted by Crippen LogP contribution is -2.33. The number of aromatic amines is 1. The van der Waals surface area contributed by atoms with E-state index in [1.54, 1.807) is 37.6 Å². The minimum Gasteiger partial charge on any atom is -0.444 e. The maximum absolute atomic E-state index is 12.4. The number of alkyl carbamates (subject to hydrolysis) is 1. The van der Waals surface area contributed by atoms with Gasteiger partial charge in [-0.15, -0.1) is 0 Å². The highest BCUT2D eigenvalue weighted by molar-refractivity contribution is 7.71. The lowest BCUT2D eigenvalue weighted by Gasteiger charge is -2.19. The average Bonchev–Trinajstić information content (AvgIpc) is 3.05. The van der Waals surface area contributed by atoms with Gasteiger partial charge in [0.25, 0.3) is 5.56 Å². The van der Waals surface area contributed by atoms with Crippen molar-refractivity contribution in [2.24, 2.45) is 0 Å². The molecule has 0 saturated heterocycles. The van der Waals surface area contributed by atoms with E-state index < -0.39 is 17.7 Å². The summed E-state index contributed by atoms with van der Waals surface area (Å²) >= 11 is 5.28. The van der Waals surface area contributed by atoms with E-state index in [2.05, 4.69) is 10.3 Å². The number of rotatable bonds is 9. The molecule has 0 bridgehead atoms. The van der Waals surface area contributed by atoms with Crippen LogP contribution >= 0.6 is 12.2 Å². The van der Waals surface area contributed by atoms with Crippen LogP contribution in [0.1, 0.15) is 41.0 Å². The zero-order chi connectivity index (χ0) is 23.2. The number of aromatic nitrogens is 3. The Hall–Kier alpha value is -2.66. The molecule has 1 amide bonds. The van der Waals surface area contributed by atoms with Gasteiger partial charge in [-0.1, -0.05) is 0 Å². The molecule has 2 rings (SSSR count). The van der Waals surface area contributed by atoms with Crippen LogP contribution in [0.25, 0.3) is 11.0 Å². The Kier molecular flexibility index (Phi) is 8.40. The molecule has 11 heteroatoms. The Morgan fingerprint density at radius 1 is 1.29 bits per heavy atom. The highest BCUT2D eigenvalue weighted by Gasteiger charge is 2.16. The number of amides is 1. The summed E-state index contributed by atoms with van der Waals surface area (Å²) in [7, 11) is 0. The van der Waals surface area contributed by atoms with E-state index in [1.165, 1.54) is 4.57 Å². The maximum Gasteiger partial charge on any atom is 0.407 e. The van der Waals surface area contributed by atoms with Crippen LogP contribution in [0.2, 0.25) is 0 Å². The van der Waals surface area contributed by atoms with Crippen molar-refractivity contribution >= 4 is 35.3 Å². The number of carbonyl (C=O) groups excluding carboxylic acids is 2. The van der Waals surface area contributed by atoms with Crippen molar-refractivity contribution in [3.8, 4) is 0 Å². The molecule has 0 saturated carbocycles. The summed E-state index contributed by atoms with van der Waals surface area (Å²) in [5, 5.41) is 2.49. The molecule has 0 spiro atoms. The molecule has 0 radical (unpaired) electrons. The van der Waals surface area contributed by atoms with Crippen LogP contribution in [0.5, 0.6) is 0 Å². The van der Waals surface area contributed by atoms with Crippen LogP contribution in [-0.2, 0) is 32.3 Å². The van der Waals surface area contributed by atoms with Crippen LogP contribution in [0.4, 0.5) is 4.79 Å². The van der Waals surface area contributed by atoms with Gasteiger partial charge in [-0.05, 0) is 52.9 Å². The molecule has 2 aromatic heterocycles. The molecule has 31 heavy (non-hydrogen) atoms. The predicted octanol–water partition coefficient (Wildman–Crippen LogP) is 2.70. The van der Waals surface area contributed by atoms with Gasteiger partial charge in [0.15, 0.2) is 11.5 Å². The summed E-state index contributed by atoms with van der Waals surface area (Å²) in [6, 6.07) is 1.74. The fourth-order valence-corrected chi connectivity index (χ4v) is 3.05. The molecular formula is C20H30N4O6S. The Balaban J connectivity index is 1.98. The molecular weight excluding hydrogens is 424 g/mol. The second-order valence-corrected chi connectivity index (χ2v) is 8.56. The number of fused-ring (bicyclic) bond motifs is 1. The number of hydrogen-bond donors (Lipinski definition) is 2. The first-order chi connectivity index (χ1) is 14.5.